The van der Waals surface area contributed by atoms with E-state index in [1.165, 1.54) is 11.8 Å². The summed E-state index contributed by atoms with van der Waals surface area (Å²) in [4.78, 5) is 4.74. The number of aromatic nitrogens is 4. The first-order valence-corrected chi connectivity index (χ1v) is 9.23. The molecule has 4 nitrogen and oxygen atoms in total. The minimum absolute atomic E-state index is 0.639. The van der Waals surface area contributed by atoms with Crippen LogP contribution in [0.15, 0.2) is 66.3 Å². The average Bonchev–Trinajstić information content (AvgIpc) is 2.95. The van der Waals surface area contributed by atoms with Gasteiger partial charge in [-0.1, -0.05) is 65.8 Å². The zero-order chi connectivity index (χ0) is 17.2. The molecule has 0 atom stereocenters. The Bertz CT molecular complexity index is 1070. The fraction of sp³-hybridized carbons (Fsp3) is 0.105. The second kappa shape index (κ2) is 6.86. The Hall–Kier alpha value is -2.37. The smallest absolute Gasteiger partial charge is 0.211 e. The summed E-state index contributed by atoms with van der Waals surface area (Å²) < 4.78 is 2.12. The zero-order valence-electron chi connectivity index (χ0n) is 13.4. The minimum Gasteiger partial charge on any atom is -0.320 e. The summed E-state index contributed by atoms with van der Waals surface area (Å²) in [6.07, 6.45) is 1.87. The Morgan fingerprint density at radius 2 is 1.88 bits per heavy atom. The number of fused-ring (bicyclic) bond motifs is 3. The van der Waals surface area contributed by atoms with Crippen molar-refractivity contribution in [3.05, 3.63) is 71.8 Å². The molecule has 0 aliphatic carbocycles. The van der Waals surface area contributed by atoms with Gasteiger partial charge in [0, 0.05) is 22.7 Å². The predicted molar refractivity (Wildman–Crippen MR) is 104 cm³/mol. The molecule has 0 radical (unpaired) electrons. The second-order valence-electron chi connectivity index (χ2n) is 5.56. The van der Waals surface area contributed by atoms with E-state index in [9.17, 15) is 0 Å². The van der Waals surface area contributed by atoms with Gasteiger partial charge in [0.25, 0.3) is 0 Å². The molecule has 0 bridgehead atoms. The van der Waals surface area contributed by atoms with E-state index in [-0.39, 0.29) is 0 Å². The monoisotopic (exact) mass is 366 g/mol. The first kappa shape index (κ1) is 16.1. The number of hydrogen-bond acceptors (Lipinski definition) is 4. The van der Waals surface area contributed by atoms with E-state index in [2.05, 4.69) is 27.4 Å². The van der Waals surface area contributed by atoms with Gasteiger partial charge in [-0.25, -0.2) is 4.98 Å². The van der Waals surface area contributed by atoms with Crippen LogP contribution in [-0.2, 0) is 12.3 Å². The Kier molecular flexibility index (Phi) is 4.42. The number of nitrogens with zero attached hydrogens (tertiary/aromatic N) is 4. The van der Waals surface area contributed by atoms with E-state index in [0.29, 0.717) is 17.5 Å². The van der Waals surface area contributed by atoms with Crippen LogP contribution >= 0.6 is 23.4 Å². The molecule has 0 spiro atoms. The van der Waals surface area contributed by atoms with Gasteiger partial charge < -0.3 is 4.57 Å². The number of thioether (sulfide) groups is 1. The zero-order valence-corrected chi connectivity index (χ0v) is 15.0. The molecule has 2 aromatic carbocycles. The first-order chi connectivity index (χ1) is 12.3. The van der Waals surface area contributed by atoms with Gasteiger partial charge in [-0.3, -0.25) is 0 Å². The lowest BCUT2D eigenvalue weighted by Crippen LogP contribution is -1.99. The van der Waals surface area contributed by atoms with E-state index >= 15 is 0 Å². The molecule has 0 saturated heterocycles. The SMILES string of the molecule is C=CCn1c2ccccc2c2nnc(SCc3ccccc3Cl)nc21. The summed E-state index contributed by atoms with van der Waals surface area (Å²) in [6, 6.07) is 15.9. The van der Waals surface area contributed by atoms with Crippen LogP contribution in [0.1, 0.15) is 5.56 Å². The molecule has 6 heteroatoms. The highest BCUT2D eigenvalue weighted by atomic mass is 35.5. The van der Waals surface area contributed by atoms with Gasteiger partial charge in [0.05, 0.1) is 5.52 Å². The van der Waals surface area contributed by atoms with E-state index in [0.717, 1.165) is 32.7 Å². The number of rotatable bonds is 5. The third-order valence-electron chi connectivity index (χ3n) is 3.98. The molecule has 0 aliphatic rings. The molecule has 0 amide bonds. The van der Waals surface area contributed by atoms with Gasteiger partial charge in [0.15, 0.2) is 5.65 Å². The molecule has 4 aromatic rings. The molecule has 2 heterocycles. The maximum absolute atomic E-state index is 6.22. The summed E-state index contributed by atoms with van der Waals surface area (Å²) in [5.41, 5.74) is 3.80. The van der Waals surface area contributed by atoms with Gasteiger partial charge in [-0.15, -0.1) is 16.8 Å². The van der Waals surface area contributed by atoms with Crippen LogP contribution in [0.5, 0.6) is 0 Å². The third kappa shape index (κ3) is 3.01. The summed E-state index contributed by atoms with van der Waals surface area (Å²) in [6.45, 7) is 4.53. The van der Waals surface area contributed by atoms with E-state index in [1.807, 2.05) is 48.5 Å². The number of allylic oxidation sites excluding steroid dienone is 1. The predicted octanol–water partition coefficient (Wildman–Crippen LogP) is 5.11. The third-order valence-corrected chi connectivity index (χ3v) is 5.24. The van der Waals surface area contributed by atoms with Gasteiger partial charge in [-0.2, -0.15) is 0 Å². The number of halogens is 1. The minimum atomic E-state index is 0.639. The lowest BCUT2D eigenvalue weighted by Gasteiger charge is -2.04. The molecule has 4 rings (SSSR count). The lowest BCUT2D eigenvalue weighted by atomic mass is 10.2. The summed E-state index contributed by atoms with van der Waals surface area (Å²) >= 11 is 7.75. The average molecular weight is 367 g/mol. The van der Waals surface area contributed by atoms with Crippen LogP contribution in [0.25, 0.3) is 22.1 Å². The number of benzene rings is 2. The highest BCUT2D eigenvalue weighted by Gasteiger charge is 2.14. The summed E-state index contributed by atoms with van der Waals surface area (Å²) in [7, 11) is 0. The molecule has 0 N–H and O–H groups in total. The van der Waals surface area contributed by atoms with Crippen molar-refractivity contribution in [3.8, 4) is 0 Å². The normalized spacial score (nSPS) is 11.2. The fourth-order valence-electron chi connectivity index (χ4n) is 2.82. The fourth-order valence-corrected chi connectivity index (χ4v) is 3.89. The van der Waals surface area contributed by atoms with Crippen molar-refractivity contribution in [2.45, 2.75) is 17.5 Å². The molecule has 0 aliphatic heterocycles. The van der Waals surface area contributed by atoms with Crippen LogP contribution in [0.4, 0.5) is 0 Å². The van der Waals surface area contributed by atoms with Crippen LogP contribution in [0, 0.1) is 0 Å². The van der Waals surface area contributed by atoms with Crippen molar-refractivity contribution in [1.82, 2.24) is 19.7 Å². The molecule has 124 valence electrons. The van der Waals surface area contributed by atoms with Crippen LogP contribution in [0.3, 0.4) is 0 Å². The van der Waals surface area contributed by atoms with Crippen molar-refractivity contribution in [2.24, 2.45) is 0 Å². The van der Waals surface area contributed by atoms with Crippen molar-refractivity contribution in [1.29, 1.82) is 0 Å². The van der Waals surface area contributed by atoms with E-state index in [1.54, 1.807) is 0 Å². The van der Waals surface area contributed by atoms with Gasteiger partial charge in [-0.05, 0) is 17.7 Å². The van der Waals surface area contributed by atoms with Crippen molar-refractivity contribution < 1.29 is 0 Å². The molecule has 25 heavy (non-hydrogen) atoms. The first-order valence-electron chi connectivity index (χ1n) is 7.86. The molecule has 0 fully saturated rings. The molecule has 0 unspecified atom stereocenters. The maximum Gasteiger partial charge on any atom is 0.211 e. The van der Waals surface area contributed by atoms with Gasteiger partial charge in [0.2, 0.25) is 5.16 Å². The van der Waals surface area contributed by atoms with Gasteiger partial charge in [0.1, 0.15) is 5.52 Å². The Morgan fingerprint density at radius 3 is 2.72 bits per heavy atom. The molecular formula is C19H15ClN4S. The van der Waals surface area contributed by atoms with Crippen molar-refractivity contribution in [2.75, 3.05) is 0 Å². The van der Waals surface area contributed by atoms with Gasteiger partial charge >= 0.3 is 0 Å². The van der Waals surface area contributed by atoms with Crippen LogP contribution < -0.4 is 0 Å². The van der Waals surface area contributed by atoms with Crippen molar-refractivity contribution >= 4 is 45.4 Å². The second-order valence-corrected chi connectivity index (χ2v) is 6.91. The van der Waals surface area contributed by atoms with E-state index in [4.69, 9.17) is 16.6 Å². The molecule has 0 saturated carbocycles. The molecule has 2 aromatic heterocycles. The highest BCUT2D eigenvalue weighted by molar-refractivity contribution is 7.98. The van der Waals surface area contributed by atoms with Crippen LogP contribution in [0.2, 0.25) is 5.02 Å². The number of hydrogen-bond donors (Lipinski definition) is 0. The quantitative estimate of drug-likeness (QED) is 0.363. The van der Waals surface area contributed by atoms with Crippen molar-refractivity contribution in [3.63, 3.8) is 0 Å². The Balaban J connectivity index is 1.74. The van der Waals surface area contributed by atoms with E-state index < -0.39 is 0 Å². The topological polar surface area (TPSA) is 43.6 Å². The lowest BCUT2D eigenvalue weighted by molar-refractivity contribution is 0.828. The number of para-hydroxylation sites is 1. The Labute approximate surface area is 154 Å². The largest absolute Gasteiger partial charge is 0.320 e. The van der Waals surface area contributed by atoms with Crippen LogP contribution in [-0.4, -0.2) is 19.7 Å². The maximum atomic E-state index is 6.22. The summed E-state index contributed by atoms with van der Waals surface area (Å²) in [5, 5.41) is 11.2. The highest BCUT2D eigenvalue weighted by Crippen LogP contribution is 2.29. The molecular weight excluding hydrogens is 352 g/mol. The standard InChI is InChI=1S/C19H15ClN4S/c1-2-11-24-16-10-6-4-8-14(16)17-18(24)21-19(23-22-17)25-12-13-7-3-5-9-15(13)20/h2-10H,1,11-12H2. The summed E-state index contributed by atoms with van der Waals surface area (Å²) in [5.74, 6) is 0.703. The Morgan fingerprint density at radius 1 is 1.08 bits per heavy atom.